The summed E-state index contributed by atoms with van der Waals surface area (Å²) in [6.07, 6.45) is 5.88. The van der Waals surface area contributed by atoms with Crippen molar-refractivity contribution in [2.24, 2.45) is 0 Å². The molecule has 0 spiro atoms. The van der Waals surface area contributed by atoms with E-state index in [0.29, 0.717) is 5.92 Å². The van der Waals surface area contributed by atoms with Crippen LogP contribution in [0.4, 0.5) is 0 Å². The monoisotopic (exact) mass is 311 g/mol. The van der Waals surface area contributed by atoms with E-state index in [1.807, 2.05) is 6.08 Å². The van der Waals surface area contributed by atoms with Gasteiger partial charge in [0.05, 0.1) is 6.42 Å². The fourth-order valence-corrected chi connectivity index (χ4v) is 4.28. The fourth-order valence-electron chi connectivity index (χ4n) is 4.28. The second-order valence-corrected chi connectivity index (χ2v) is 6.69. The summed E-state index contributed by atoms with van der Waals surface area (Å²) >= 11 is 0. The molecule has 2 atom stereocenters. The summed E-state index contributed by atoms with van der Waals surface area (Å²) in [5.41, 5.74) is 4.59. The molecule has 2 unspecified atom stereocenters. The first kappa shape index (κ1) is 15.9. The van der Waals surface area contributed by atoms with E-state index in [9.17, 15) is 9.90 Å². The summed E-state index contributed by atoms with van der Waals surface area (Å²) in [5.74, 6) is -0.413. The van der Waals surface area contributed by atoms with E-state index in [1.54, 1.807) is 0 Å². The largest absolute Gasteiger partial charge is 0.481 e. The fraction of sp³-hybridized carbons (Fsp3) is 0.450. The summed E-state index contributed by atoms with van der Waals surface area (Å²) in [5, 5.41) is 10.7. The zero-order valence-electron chi connectivity index (χ0n) is 14.0. The van der Waals surface area contributed by atoms with Gasteiger partial charge in [-0.25, -0.2) is 0 Å². The van der Waals surface area contributed by atoms with Crippen molar-refractivity contribution >= 4 is 16.9 Å². The van der Waals surface area contributed by atoms with Crippen LogP contribution in [0.2, 0.25) is 0 Å². The second kappa shape index (κ2) is 5.88. The molecule has 1 aromatic heterocycles. The average molecular weight is 311 g/mol. The molecule has 1 aromatic carbocycles. The Morgan fingerprint density at radius 3 is 2.87 bits per heavy atom. The van der Waals surface area contributed by atoms with Crippen molar-refractivity contribution in [3.63, 3.8) is 0 Å². The van der Waals surface area contributed by atoms with Crippen molar-refractivity contribution in [2.45, 2.75) is 57.3 Å². The molecule has 23 heavy (non-hydrogen) atoms. The number of fused-ring (bicyclic) bond motifs is 3. The molecule has 0 saturated carbocycles. The Balaban J connectivity index is 2.31. The van der Waals surface area contributed by atoms with Gasteiger partial charge in [0, 0.05) is 27.9 Å². The minimum Gasteiger partial charge on any atom is -0.481 e. The number of para-hydroxylation sites is 1. The number of hydrogen-bond acceptors (Lipinski definition) is 1. The molecule has 3 heteroatoms. The molecule has 122 valence electrons. The van der Waals surface area contributed by atoms with Gasteiger partial charge in [0.15, 0.2) is 0 Å². The lowest BCUT2D eigenvalue weighted by Crippen LogP contribution is -2.34. The van der Waals surface area contributed by atoms with Crippen molar-refractivity contribution in [2.75, 3.05) is 0 Å². The number of rotatable bonds is 5. The summed E-state index contributed by atoms with van der Waals surface area (Å²) in [7, 11) is 0. The first-order valence-corrected chi connectivity index (χ1v) is 8.54. The van der Waals surface area contributed by atoms with Gasteiger partial charge in [0.2, 0.25) is 0 Å². The number of hydrogen-bond donors (Lipinski definition) is 2. The first-order valence-electron chi connectivity index (χ1n) is 8.54. The van der Waals surface area contributed by atoms with Crippen LogP contribution < -0.4 is 0 Å². The van der Waals surface area contributed by atoms with Gasteiger partial charge in [-0.15, -0.1) is 6.58 Å². The number of carboxylic acid groups (broad SMARTS) is 1. The third kappa shape index (κ3) is 2.39. The van der Waals surface area contributed by atoms with Gasteiger partial charge in [0.1, 0.15) is 0 Å². The van der Waals surface area contributed by atoms with Gasteiger partial charge in [-0.05, 0) is 36.8 Å². The minimum absolute atomic E-state index is 0.189. The van der Waals surface area contributed by atoms with Crippen molar-refractivity contribution in [3.05, 3.63) is 47.7 Å². The van der Waals surface area contributed by atoms with Gasteiger partial charge in [-0.1, -0.05) is 38.1 Å². The van der Waals surface area contributed by atoms with Crippen LogP contribution in [0.3, 0.4) is 0 Å². The zero-order chi connectivity index (χ0) is 16.6. The highest BCUT2D eigenvalue weighted by molar-refractivity contribution is 5.89. The molecule has 1 heterocycles. The van der Waals surface area contributed by atoms with Gasteiger partial charge in [-0.3, -0.25) is 4.79 Å². The number of nitrogens with one attached hydrogen (secondary N) is 1. The lowest BCUT2D eigenvalue weighted by molar-refractivity contribution is -0.138. The SMILES string of the molecule is C=CC1CCC(CC)(CC(=O)O)c2[nH]c3c(CC)cccc3c21. The lowest BCUT2D eigenvalue weighted by Gasteiger charge is -2.38. The lowest BCUT2D eigenvalue weighted by atomic mass is 9.66. The number of H-pyrrole nitrogens is 1. The van der Waals surface area contributed by atoms with E-state index in [-0.39, 0.29) is 11.8 Å². The highest BCUT2D eigenvalue weighted by atomic mass is 16.4. The third-order valence-corrected chi connectivity index (χ3v) is 5.63. The van der Waals surface area contributed by atoms with E-state index in [1.165, 1.54) is 22.0 Å². The first-order chi connectivity index (χ1) is 11.1. The number of aromatic nitrogens is 1. The van der Waals surface area contributed by atoms with Crippen molar-refractivity contribution in [1.82, 2.24) is 4.98 Å². The van der Waals surface area contributed by atoms with Crippen LogP contribution in [0.5, 0.6) is 0 Å². The zero-order valence-corrected chi connectivity index (χ0v) is 14.0. The topological polar surface area (TPSA) is 53.1 Å². The quantitative estimate of drug-likeness (QED) is 0.770. The van der Waals surface area contributed by atoms with Crippen molar-refractivity contribution in [3.8, 4) is 0 Å². The molecule has 0 saturated heterocycles. The van der Waals surface area contributed by atoms with E-state index < -0.39 is 5.97 Å². The second-order valence-electron chi connectivity index (χ2n) is 6.69. The Kier molecular flexibility index (Phi) is 4.05. The molecule has 1 aliphatic rings. The Morgan fingerprint density at radius 1 is 1.48 bits per heavy atom. The standard InChI is InChI=1S/C20H25NO2/c1-4-13-10-11-20(6-3,12-16(22)23)19-17(13)15-9-7-8-14(5-2)18(15)21-19/h4,7-9,13,21H,1,5-6,10-12H2,2-3H3,(H,22,23). The van der Waals surface area contributed by atoms with Crippen LogP contribution >= 0.6 is 0 Å². The summed E-state index contributed by atoms with van der Waals surface area (Å²) in [4.78, 5) is 15.1. The van der Waals surface area contributed by atoms with Crippen LogP contribution in [0.1, 0.15) is 62.3 Å². The Bertz CT molecular complexity index is 758. The Hall–Kier alpha value is -2.03. The third-order valence-electron chi connectivity index (χ3n) is 5.63. The molecule has 0 radical (unpaired) electrons. The minimum atomic E-state index is -0.718. The number of aryl methyl sites for hydroxylation is 1. The maximum Gasteiger partial charge on any atom is 0.304 e. The molecule has 2 N–H and O–H groups in total. The number of carbonyl (C=O) groups is 1. The van der Waals surface area contributed by atoms with E-state index in [4.69, 9.17) is 0 Å². The van der Waals surface area contributed by atoms with Crippen molar-refractivity contribution in [1.29, 1.82) is 0 Å². The smallest absolute Gasteiger partial charge is 0.304 e. The molecule has 3 rings (SSSR count). The molecule has 1 aliphatic carbocycles. The maximum absolute atomic E-state index is 11.5. The van der Waals surface area contributed by atoms with Gasteiger partial charge >= 0.3 is 5.97 Å². The van der Waals surface area contributed by atoms with E-state index in [0.717, 1.165) is 31.4 Å². The number of aliphatic carboxylic acids is 1. The molecule has 3 nitrogen and oxygen atoms in total. The predicted molar refractivity (Wildman–Crippen MR) is 94.1 cm³/mol. The highest BCUT2D eigenvalue weighted by Crippen LogP contribution is 2.49. The number of allylic oxidation sites excluding steroid dienone is 1. The van der Waals surface area contributed by atoms with Crippen LogP contribution in [0, 0.1) is 0 Å². The van der Waals surface area contributed by atoms with E-state index in [2.05, 4.69) is 43.6 Å². The van der Waals surface area contributed by atoms with Gasteiger partial charge in [0.25, 0.3) is 0 Å². The maximum atomic E-state index is 11.5. The Labute approximate surface area is 137 Å². The summed E-state index contributed by atoms with van der Waals surface area (Å²) in [6.45, 7) is 8.28. The predicted octanol–water partition coefficient (Wildman–Crippen LogP) is 4.92. The molecule has 0 amide bonds. The van der Waals surface area contributed by atoms with Crippen LogP contribution in [-0.2, 0) is 16.6 Å². The summed E-state index contributed by atoms with van der Waals surface area (Å²) in [6, 6.07) is 6.42. The molecule has 0 bridgehead atoms. The number of aromatic amines is 1. The summed E-state index contributed by atoms with van der Waals surface area (Å²) < 4.78 is 0. The molecule has 0 fully saturated rings. The number of carboxylic acids is 1. The van der Waals surface area contributed by atoms with Crippen LogP contribution in [0.15, 0.2) is 30.9 Å². The highest BCUT2D eigenvalue weighted by Gasteiger charge is 2.42. The van der Waals surface area contributed by atoms with Gasteiger partial charge in [-0.2, -0.15) is 0 Å². The van der Waals surface area contributed by atoms with Crippen LogP contribution in [-0.4, -0.2) is 16.1 Å². The van der Waals surface area contributed by atoms with E-state index >= 15 is 0 Å². The molecule has 0 aliphatic heterocycles. The number of benzene rings is 1. The van der Waals surface area contributed by atoms with Crippen LogP contribution in [0.25, 0.3) is 10.9 Å². The van der Waals surface area contributed by atoms with Gasteiger partial charge < -0.3 is 10.1 Å². The molecular weight excluding hydrogens is 286 g/mol. The average Bonchev–Trinajstić information content (AvgIpc) is 2.95. The van der Waals surface area contributed by atoms with Crippen molar-refractivity contribution < 1.29 is 9.90 Å². The normalized spacial score (nSPS) is 23.7. The molecule has 2 aromatic rings. The molecular formula is C20H25NO2. The Morgan fingerprint density at radius 2 is 2.26 bits per heavy atom.